The fourth-order valence-corrected chi connectivity index (χ4v) is 2.34. The van der Waals surface area contributed by atoms with Crippen molar-refractivity contribution >= 4 is 11.9 Å². The number of hydrogen-bond acceptors (Lipinski definition) is 3. The lowest BCUT2D eigenvalue weighted by Crippen LogP contribution is -2.65. The summed E-state index contributed by atoms with van der Waals surface area (Å²) in [5.41, 5.74) is -0.368. The monoisotopic (exact) mass is 249 g/mol. The van der Waals surface area contributed by atoms with E-state index in [1.807, 2.05) is 39.0 Å². The van der Waals surface area contributed by atoms with Crippen molar-refractivity contribution in [3.05, 3.63) is 24.4 Å². The van der Waals surface area contributed by atoms with Gasteiger partial charge in [0.15, 0.2) is 0 Å². The van der Waals surface area contributed by atoms with Crippen LogP contribution in [0.1, 0.15) is 20.8 Å². The van der Waals surface area contributed by atoms with E-state index in [9.17, 15) is 9.90 Å². The molecule has 18 heavy (non-hydrogen) atoms. The molecule has 0 bridgehead atoms. The molecule has 0 atom stereocenters. The average Bonchev–Trinajstić information content (AvgIpc) is 2.21. The number of pyridine rings is 1. The average molecular weight is 249 g/mol. The molecule has 1 N–H and O–H groups in total. The molecule has 1 amide bonds. The summed E-state index contributed by atoms with van der Waals surface area (Å²) in [7, 11) is 0. The van der Waals surface area contributed by atoms with Gasteiger partial charge in [0, 0.05) is 24.8 Å². The molecule has 0 spiro atoms. The maximum absolute atomic E-state index is 11.3. The molecule has 1 aromatic heterocycles. The number of aromatic nitrogens is 1. The van der Waals surface area contributed by atoms with Crippen molar-refractivity contribution in [1.29, 1.82) is 0 Å². The molecule has 1 saturated heterocycles. The fraction of sp³-hybridized carbons (Fsp3) is 0.538. The van der Waals surface area contributed by atoms with E-state index in [2.05, 4.69) is 9.88 Å². The van der Waals surface area contributed by atoms with E-state index in [1.165, 1.54) is 4.90 Å². The highest BCUT2D eigenvalue weighted by Gasteiger charge is 2.40. The third-order valence-electron chi connectivity index (χ3n) is 3.13. The largest absolute Gasteiger partial charge is 0.465 e. The number of nitrogens with zero attached hydrogens (tertiary/aromatic N) is 3. The van der Waals surface area contributed by atoms with Crippen LogP contribution >= 0.6 is 0 Å². The van der Waals surface area contributed by atoms with E-state index in [0.717, 1.165) is 5.82 Å². The zero-order valence-corrected chi connectivity index (χ0v) is 11.0. The van der Waals surface area contributed by atoms with Crippen LogP contribution in [0.3, 0.4) is 0 Å². The molecular weight excluding hydrogens is 230 g/mol. The van der Waals surface area contributed by atoms with Crippen molar-refractivity contribution < 1.29 is 9.90 Å². The highest BCUT2D eigenvalue weighted by molar-refractivity contribution is 5.67. The van der Waals surface area contributed by atoms with Gasteiger partial charge < -0.3 is 10.0 Å². The van der Waals surface area contributed by atoms with Crippen LogP contribution in [0.2, 0.25) is 0 Å². The molecule has 2 heterocycles. The highest BCUT2D eigenvalue weighted by atomic mass is 16.4. The first-order valence-electron chi connectivity index (χ1n) is 6.08. The number of carboxylic acid groups (broad SMARTS) is 1. The van der Waals surface area contributed by atoms with Gasteiger partial charge in [-0.2, -0.15) is 0 Å². The smallest absolute Gasteiger partial charge is 0.408 e. The Bertz CT molecular complexity index is 422. The molecule has 0 aromatic carbocycles. The van der Waals surface area contributed by atoms with Crippen LogP contribution in [-0.4, -0.2) is 45.8 Å². The first-order chi connectivity index (χ1) is 8.39. The van der Waals surface area contributed by atoms with Crippen LogP contribution < -0.4 is 4.90 Å². The van der Waals surface area contributed by atoms with Gasteiger partial charge in [-0.1, -0.05) is 6.07 Å². The number of rotatable bonds is 2. The number of anilines is 1. The van der Waals surface area contributed by atoms with Gasteiger partial charge in [-0.15, -0.1) is 0 Å². The Kier molecular flexibility index (Phi) is 3.15. The first-order valence-corrected chi connectivity index (χ1v) is 6.08. The minimum absolute atomic E-state index is 0.0458. The number of amides is 1. The highest BCUT2D eigenvalue weighted by Crippen LogP contribution is 2.26. The van der Waals surface area contributed by atoms with Gasteiger partial charge in [-0.05, 0) is 32.9 Å². The second kappa shape index (κ2) is 4.48. The summed E-state index contributed by atoms with van der Waals surface area (Å²) >= 11 is 0. The van der Waals surface area contributed by atoms with Crippen molar-refractivity contribution in [2.24, 2.45) is 0 Å². The summed E-state index contributed by atoms with van der Waals surface area (Å²) in [4.78, 5) is 19.2. The van der Waals surface area contributed by atoms with E-state index >= 15 is 0 Å². The van der Waals surface area contributed by atoms with E-state index in [4.69, 9.17) is 0 Å². The molecule has 1 aromatic rings. The van der Waals surface area contributed by atoms with Crippen molar-refractivity contribution in [2.75, 3.05) is 18.0 Å². The fourth-order valence-electron chi connectivity index (χ4n) is 2.34. The Balaban J connectivity index is 2.02. The lowest BCUT2D eigenvalue weighted by Gasteiger charge is -2.49. The van der Waals surface area contributed by atoms with Gasteiger partial charge >= 0.3 is 6.09 Å². The standard InChI is InChI=1S/C13H19N3O2/c1-13(2,3)16(12(17)18)10-8-15(9-10)11-6-4-5-7-14-11/h4-7,10H,8-9H2,1-3H3,(H,17,18). The van der Waals surface area contributed by atoms with Crippen LogP contribution in [0.4, 0.5) is 10.6 Å². The SMILES string of the molecule is CC(C)(C)N(C(=O)O)C1CN(c2ccccn2)C1. The molecular formula is C13H19N3O2. The van der Waals surface area contributed by atoms with Gasteiger partial charge in [-0.25, -0.2) is 9.78 Å². The van der Waals surface area contributed by atoms with Crippen LogP contribution in [0.25, 0.3) is 0 Å². The summed E-state index contributed by atoms with van der Waals surface area (Å²) < 4.78 is 0. The minimum Gasteiger partial charge on any atom is -0.465 e. The third kappa shape index (κ3) is 2.39. The first kappa shape index (κ1) is 12.7. The molecule has 1 aliphatic heterocycles. The van der Waals surface area contributed by atoms with Crippen molar-refractivity contribution in [1.82, 2.24) is 9.88 Å². The van der Waals surface area contributed by atoms with Crippen LogP contribution in [0.15, 0.2) is 24.4 Å². The van der Waals surface area contributed by atoms with E-state index < -0.39 is 6.09 Å². The topological polar surface area (TPSA) is 56.7 Å². The Morgan fingerprint density at radius 1 is 1.44 bits per heavy atom. The molecule has 0 unspecified atom stereocenters. The summed E-state index contributed by atoms with van der Waals surface area (Å²) in [6.45, 7) is 7.18. The van der Waals surface area contributed by atoms with E-state index in [0.29, 0.717) is 13.1 Å². The molecule has 2 rings (SSSR count). The van der Waals surface area contributed by atoms with Gasteiger partial charge in [-0.3, -0.25) is 4.90 Å². The van der Waals surface area contributed by atoms with Crippen molar-refractivity contribution in [3.8, 4) is 0 Å². The van der Waals surface area contributed by atoms with Crippen molar-refractivity contribution in [3.63, 3.8) is 0 Å². The zero-order chi connectivity index (χ0) is 13.3. The van der Waals surface area contributed by atoms with Gasteiger partial charge in [0.2, 0.25) is 0 Å². The predicted octanol–water partition coefficient (Wildman–Crippen LogP) is 2.05. The predicted molar refractivity (Wildman–Crippen MR) is 69.9 cm³/mol. The quantitative estimate of drug-likeness (QED) is 0.871. The van der Waals surface area contributed by atoms with Crippen molar-refractivity contribution in [2.45, 2.75) is 32.4 Å². The Hall–Kier alpha value is -1.78. The summed E-state index contributed by atoms with van der Waals surface area (Å²) in [6.07, 6.45) is 0.898. The Labute approximate surface area is 107 Å². The lowest BCUT2D eigenvalue weighted by molar-refractivity contribution is 0.0600. The Morgan fingerprint density at radius 3 is 2.56 bits per heavy atom. The molecule has 0 saturated carbocycles. The second-order valence-electron chi connectivity index (χ2n) is 5.57. The molecule has 5 heteroatoms. The zero-order valence-electron chi connectivity index (χ0n) is 11.0. The molecule has 1 aliphatic rings. The molecule has 0 aliphatic carbocycles. The van der Waals surface area contributed by atoms with Gasteiger partial charge in [0.05, 0.1) is 6.04 Å². The van der Waals surface area contributed by atoms with E-state index in [-0.39, 0.29) is 11.6 Å². The number of carbonyl (C=O) groups is 1. The third-order valence-corrected chi connectivity index (χ3v) is 3.13. The maximum atomic E-state index is 11.3. The van der Waals surface area contributed by atoms with Crippen LogP contribution in [0, 0.1) is 0 Å². The number of hydrogen-bond donors (Lipinski definition) is 1. The minimum atomic E-state index is -0.854. The molecule has 98 valence electrons. The van der Waals surface area contributed by atoms with Gasteiger partial charge in [0.25, 0.3) is 0 Å². The van der Waals surface area contributed by atoms with Crippen LogP contribution in [0.5, 0.6) is 0 Å². The maximum Gasteiger partial charge on any atom is 0.408 e. The summed E-state index contributed by atoms with van der Waals surface area (Å²) in [5.74, 6) is 0.910. The van der Waals surface area contributed by atoms with Gasteiger partial charge in [0.1, 0.15) is 5.82 Å². The Morgan fingerprint density at radius 2 is 2.11 bits per heavy atom. The summed E-state index contributed by atoms with van der Waals surface area (Å²) in [6, 6.07) is 5.80. The van der Waals surface area contributed by atoms with E-state index in [1.54, 1.807) is 6.20 Å². The molecule has 5 nitrogen and oxygen atoms in total. The second-order valence-corrected chi connectivity index (χ2v) is 5.57. The normalized spacial score (nSPS) is 16.3. The summed E-state index contributed by atoms with van der Waals surface area (Å²) in [5, 5.41) is 9.29. The van der Waals surface area contributed by atoms with Crippen LogP contribution in [-0.2, 0) is 0 Å². The lowest BCUT2D eigenvalue weighted by atomic mass is 9.99. The molecule has 0 radical (unpaired) electrons. The molecule has 1 fully saturated rings.